The van der Waals surface area contributed by atoms with E-state index in [1.165, 1.54) is 10.8 Å². The lowest BCUT2D eigenvalue weighted by Gasteiger charge is -2.17. The van der Waals surface area contributed by atoms with E-state index in [0.29, 0.717) is 0 Å². The summed E-state index contributed by atoms with van der Waals surface area (Å²) in [5.41, 5.74) is 11.1. The van der Waals surface area contributed by atoms with Crippen LogP contribution in [0.1, 0.15) is 0 Å². The van der Waals surface area contributed by atoms with Crippen molar-refractivity contribution >= 4 is 87.8 Å². The largest absolute Gasteiger partial charge is 0.455 e. The molecular formula is C46H28N2O2. The van der Waals surface area contributed by atoms with Crippen LogP contribution in [0.25, 0.3) is 93.3 Å². The van der Waals surface area contributed by atoms with Gasteiger partial charge in [0.25, 0.3) is 0 Å². The maximum Gasteiger partial charge on any atom is 0.158 e. The van der Waals surface area contributed by atoms with Crippen LogP contribution in [0.2, 0.25) is 0 Å². The Balaban J connectivity index is 1.27. The fraction of sp³-hybridized carbons (Fsp3) is 0. The SMILES string of the molecule is c1ccc(-n2c3ccccc3c3cc(Nc4cccc5c4oc4ccccc45)c(-c4cc5c6ccccc6oc5c5ccccc45)cc32)cc1. The number of anilines is 2. The van der Waals surface area contributed by atoms with Gasteiger partial charge in [-0.25, -0.2) is 0 Å². The van der Waals surface area contributed by atoms with Gasteiger partial charge in [-0.15, -0.1) is 0 Å². The quantitative estimate of drug-likeness (QED) is 0.208. The summed E-state index contributed by atoms with van der Waals surface area (Å²) in [5.74, 6) is 0. The molecule has 8 aromatic carbocycles. The number of furan rings is 2. The molecule has 0 unspecified atom stereocenters. The second-order valence-corrected chi connectivity index (χ2v) is 13.0. The van der Waals surface area contributed by atoms with Crippen LogP contribution in [0, 0.1) is 0 Å². The number of benzene rings is 8. The molecule has 0 fully saturated rings. The second-order valence-electron chi connectivity index (χ2n) is 13.0. The van der Waals surface area contributed by atoms with E-state index in [4.69, 9.17) is 8.83 Å². The van der Waals surface area contributed by atoms with E-state index in [-0.39, 0.29) is 0 Å². The molecule has 0 aliphatic carbocycles. The minimum Gasteiger partial charge on any atom is -0.455 e. The molecule has 0 amide bonds. The van der Waals surface area contributed by atoms with Crippen LogP contribution in [0.3, 0.4) is 0 Å². The molecule has 0 saturated heterocycles. The third-order valence-electron chi connectivity index (χ3n) is 10.2. The van der Waals surface area contributed by atoms with Crippen molar-refractivity contribution in [2.45, 2.75) is 0 Å². The molecule has 0 atom stereocenters. The van der Waals surface area contributed by atoms with Crippen molar-refractivity contribution in [3.05, 3.63) is 164 Å². The van der Waals surface area contributed by atoms with E-state index >= 15 is 0 Å². The number of nitrogens with one attached hydrogen (secondary N) is 1. The van der Waals surface area contributed by atoms with Crippen molar-refractivity contribution in [2.24, 2.45) is 0 Å². The van der Waals surface area contributed by atoms with Gasteiger partial charge in [0.2, 0.25) is 0 Å². The second kappa shape index (κ2) is 10.4. The van der Waals surface area contributed by atoms with Crippen LogP contribution >= 0.6 is 0 Å². The lowest BCUT2D eigenvalue weighted by Crippen LogP contribution is -1.97. The summed E-state index contributed by atoms with van der Waals surface area (Å²) < 4.78 is 15.4. The molecule has 4 heteroatoms. The Morgan fingerprint density at radius 2 is 0.960 bits per heavy atom. The van der Waals surface area contributed by atoms with Crippen LogP contribution < -0.4 is 5.32 Å². The minimum absolute atomic E-state index is 0.840. The Hall–Kier alpha value is -6.78. The number of aromatic nitrogens is 1. The molecule has 4 nitrogen and oxygen atoms in total. The first kappa shape index (κ1) is 27.2. The first-order chi connectivity index (χ1) is 24.8. The number of rotatable bonds is 4. The van der Waals surface area contributed by atoms with Gasteiger partial charge in [0.1, 0.15) is 16.7 Å². The van der Waals surface area contributed by atoms with Gasteiger partial charge in [-0.1, -0.05) is 109 Å². The number of hydrogen-bond donors (Lipinski definition) is 1. The Morgan fingerprint density at radius 1 is 0.360 bits per heavy atom. The van der Waals surface area contributed by atoms with Crippen molar-refractivity contribution < 1.29 is 8.83 Å². The molecule has 11 rings (SSSR count). The van der Waals surface area contributed by atoms with Gasteiger partial charge in [0.15, 0.2) is 5.58 Å². The fourth-order valence-electron chi connectivity index (χ4n) is 7.96. The maximum absolute atomic E-state index is 6.51. The molecular weight excluding hydrogens is 613 g/mol. The average Bonchev–Trinajstić information content (AvgIpc) is 3.85. The highest BCUT2D eigenvalue weighted by atomic mass is 16.3. The maximum atomic E-state index is 6.51. The highest BCUT2D eigenvalue weighted by molar-refractivity contribution is 6.21. The molecule has 3 aromatic heterocycles. The highest BCUT2D eigenvalue weighted by Gasteiger charge is 2.21. The summed E-state index contributed by atoms with van der Waals surface area (Å²) in [6.45, 7) is 0. The van der Waals surface area contributed by atoms with Crippen LogP contribution in [0.15, 0.2) is 173 Å². The van der Waals surface area contributed by atoms with Crippen LogP contribution in [0.5, 0.6) is 0 Å². The molecule has 0 bridgehead atoms. The zero-order chi connectivity index (χ0) is 32.8. The minimum atomic E-state index is 0.840. The van der Waals surface area contributed by atoms with E-state index in [9.17, 15) is 0 Å². The summed E-state index contributed by atoms with van der Waals surface area (Å²) in [6, 6.07) is 57.8. The highest BCUT2D eigenvalue weighted by Crippen LogP contribution is 2.46. The molecule has 0 saturated carbocycles. The van der Waals surface area contributed by atoms with E-state index in [2.05, 4.69) is 155 Å². The molecule has 0 radical (unpaired) electrons. The van der Waals surface area contributed by atoms with Gasteiger partial charge in [-0.05, 0) is 65.5 Å². The smallest absolute Gasteiger partial charge is 0.158 e. The average molecular weight is 641 g/mol. The van der Waals surface area contributed by atoms with Gasteiger partial charge in [-0.2, -0.15) is 0 Å². The van der Waals surface area contributed by atoms with Crippen LogP contribution in [-0.2, 0) is 0 Å². The molecule has 3 heterocycles. The van der Waals surface area contributed by atoms with Gasteiger partial charge in [0.05, 0.1) is 16.7 Å². The zero-order valence-corrected chi connectivity index (χ0v) is 26.9. The molecule has 234 valence electrons. The first-order valence-corrected chi connectivity index (χ1v) is 16.9. The van der Waals surface area contributed by atoms with E-state index < -0.39 is 0 Å². The Morgan fingerprint density at radius 3 is 1.76 bits per heavy atom. The molecule has 0 aliphatic heterocycles. The monoisotopic (exact) mass is 640 g/mol. The summed E-state index contributed by atoms with van der Waals surface area (Å²) in [7, 11) is 0. The van der Waals surface area contributed by atoms with Crippen molar-refractivity contribution in [3.63, 3.8) is 0 Å². The van der Waals surface area contributed by atoms with E-state index in [1.807, 2.05) is 18.2 Å². The van der Waals surface area contributed by atoms with Crippen LogP contribution in [-0.4, -0.2) is 4.57 Å². The zero-order valence-electron chi connectivity index (χ0n) is 26.9. The van der Waals surface area contributed by atoms with Gasteiger partial charge < -0.3 is 18.7 Å². The normalized spacial score (nSPS) is 12.0. The number of hydrogen-bond acceptors (Lipinski definition) is 3. The standard InChI is InChI=1S/C46H28N2O2/c1-2-13-28(14-3-1)48-41-22-9-6-16-30(41)37-26-40(47-39-21-12-20-34-31-17-7-10-23-43(31)50-46(34)39)36(27-42(37)48)35-25-38-32-18-8-11-24-44(32)49-45(38)33-19-5-4-15-29(33)35/h1-27,47H. The molecule has 0 aliphatic rings. The van der Waals surface area contributed by atoms with Gasteiger partial charge in [0, 0.05) is 54.6 Å². The van der Waals surface area contributed by atoms with Gasteiger partial charge in [-0.3, -0.25) is 0 Å². The topological polar surface area (TPSA) is 43.2 Å². The molecule has 0 spiro atoms. The summed E-state index contributed by atoms with van der Waals surface area (Å²) in [4.78, 5) is 0. The van der Waals surface area contributed by atoms with Crippen molar-refractivity contribution in [1.82, 2.24) is 4.57 Å². The lowest BCUT2D eigenvalue weighted by atomic mass is 9.93. The van der Waals surface area contributed by atoms with Crippen molar-refractivity contribution in [3.8, 4) is 16.8 Å². The third-order valence-corrected chi connectivity index (χ3v) is 10.2. The van der Waals surface area contributed by atoms with E-state index in [0.717, 1.165) is 93.9 Å². The predicted octanol–water partition coefficient (Wildman–Crippen LogP) is 13.1. The van der Waals surface area contributed by atoms with Crippen LogP contribution in [0.4, 0.5) is 11.4 Å². The molecule has 11 aromatic rings. The summed E-state index contributed by atoms with van der Waals surface area (Å²) in [5, 5.41) is 12.9. The van der Waals surface area contributed by atoms with E-state index in [1.54, 1.807) is 0 Å². The van der Waals surface area contributed by atoms with Crippen molar-refractivity contribution in [2.75, 3.05) is 5.32 Å². The summed E-state index contributed by atoms with van der Waals surface area (Å²) in [6.07, 6.45) is 0. The first-order valence-electron chi connectivity index (χ1n) is 16.9. The number of fused-ring (bicyclic) bond motifs is 11. The lowest BCUT2D eigenvalue weighted by molar-refractivity contribution is 0.670. The van der Waals surface area contributed by atoms with Gasteiger partial charge >= 0.3 is 0 Å². The Kier molecular flexibility index (Phi) is 5.63. The fourth-order valence-corrected chi connectivity index (χ4v) is 7.96. The Labute approximate surface area is 286 Å². The summed E-state index contributed by atoms with van der Waals surface area (Å²) >= 11 is 0. The third kappa shape index (κ3) is 3.87. The van der Waals surface area contributed by atoms with Crippen molar-refractivity contribution in [1.29, 1.82) is 0 Å². The molecule has 1 N–H and O–H groups in total. The predicted molar refractivity (Wildman–Crippen MR) is 208 cm³/mol. The number of nitrogens with zero attached hydrogens (tertiary/aromatic N) is 1. The Bertz CT molecular complexity index is 3130. The molecule has 50 heavy (non-hydrogen) atoms. The number of para-hydroxylation sites is 5.